The lowest BCUT2D eigenvalue weighted by atomic mass is 10.2. The van der Waals surface area contributed by atoms with E-state index in [0.29, 0.717) is 0 Å². The SMILES string of the molecule is CC(F)(F)F.Cc1ccc(/C=N/Nc2nc(Cl)cc(Nc3cccc(OC(F)(F)C(F)F)c3)n2)cc1. The lowest BCUT2D eigenvalue weighted by Gasteiger charge is -2.17. The molecule has 0 spiro atoms. The van der Waals surface area contributed by atoms with Crippen LogP contribution in [0.3, 0.4) is 0 Å². The minimum Gasteiger partial charge on any atom is -0.428 e. The summed E-state index contributed by atoms with van der Waals surface area (Å²) in [6, 6.07) is 14.1. The monoisotopic (exact) mass is 537 g/mol. The molecule has 0 radical (unpaired) electrons. The largest absolute Gasteiger partial charge is 0.461 e. The van der Waals surface area contributed by atoms with Gasteiger partial charge in [0.15, 0.2) is 0 Å². The highest BCUT2D eigenvalue weighted by molar-refractivity contribution is 6.29. The molecule has 0 fully saturated rings. The molecule has 0 atom stereocenters. The molecular weight excluding hydrogens is 519 g/mol. The highest BCUT2D eigenvalue weighted by atomic mass is 35.5. The maximum Gasteiger partial charge on any atom is 0.461 e. The van der Waals surface area contributed by atoms with Crippen molar-refractivity contribution in [2.24, 2.45) is 5.10 Å². The Bertz CT molecular complexity index is 1150. The molecule has 0 aliphatic carbocycles. The van der Waals surface area contributed by atoms with Crippen LogP contribution in [0.1, 0.15) is 18.1 Å². The summed E-state index contributed by atoms with van der Waals surface area (Å²) in [4.78, 5) is 8.15. The normalized spacial score (nSPS) is 11.8. The molecule has 0 saturated carbocycles. The van der Waals surface area contributed by atoms with Crippen LogP contribution in [-0.4, -0.2) is 34.9 Å². The first-order valence-corrected chi connectivity index (χ1v) is 10.3. The van der Waals surface area contributed by atoms with Gasteiger partial charge in [-0.3, -0.25) is 0 Å². The van der Waals surface area contributed by atoms with Crippen molar-refractivity contribution >= 4 is 35.3 Å². The number of alkyl halides is 7. The van der Waals surface area contributed by atoms with E-state index in [9.17, 15) is 30.7 Å². The Morgan fingerprint density at radius 3 is 2.25 bits per heavy atom. The minimum absolute atomic E-state index is 0.0787. The zero-order valence-corrected chi connectivity index (χ0v) is 19.4. The number of rotatable bonds is 8. The van der Waals surface area contributed by atoms with E-state index >= 15 is 0 Å². The molecule has 14 heteroatoms. The van der Waals surface area contributed by atoms with E-state index in [0.717, 1.165) is 23.3 Å². The first kappa shape index (κ1) is 28.6. The van der Waals surface area contributed by atoms with Crippen molar-refractivity contribution in [3.8, 4) is 5.75 Å². The van der Waals surface area contributed by atoms with Crippen molar-refractivity contribution in [1.82, 2.24) is 9.97 Å². The quantitative estimate of drug-likeness (QED) is 0.135. The van der Waals surface area contributed by atoms with Gasteiger partial charge in [-0.25, -0.2) is 5.43 Å². The summed E-state index contributed by atoms with van der Waals surface area (Å²) in [5.41, 5.74) is 4.88. The molecular formula is C22H19ClF7N5O. The fourth-order valence-corrected chi connectivity index (χ4v) is 2.52. The highest BCUT2D eigenvalue weighted by Gasteiger charge is 2.44. The van der Waals surface area contributed by atoms with Gasteiger partial charge in [0.05, 0.1) is 6.21 Å². The van der Waals surface area contributed by atoms with Gasteiger partial charge in [0.2, 0.25) is 5.95 Å². The maximum atomic E-state index is 13.1. The molecule has 2 aromatic carbocycles. The number of halogens is 8. The maximum absolute atomic E-state index is 13.1. The molecule has 3 aromatic rings. The number of hydrogen-bond donors (Lipinski definition) is 2. The molecule has 0 amide bonds. The third-order valence-corrected chi connectivity index (χ3v) is 3.96. The summed E-state index contributed by atoms with van der Waals surface area (Å²) in [6.45, 7) is 2.16. The fourth-order valence-electron chi connectivity index (χ4n) is 2.34. The Morgan fingerprint density at radius 2 is 1.64 bits per heavy atom. The summed E-state index contributed by atoms with van der Waals surface area (Å²) in [5, 5.41) is 6.94. The molecule has 1 heterocycles. The molecule has 1 aromatic heterocycles. The average molecular weight is 538 g/mol. The van der Waals surface area contributed by atoms with Crippen LogP contribution in [-0.2, 0) is 0 Å². The van der Waals surface area contributed by atoms with E-state index in [2.05, 4.69) is 30.5 Å². The van der Waals surface area contributed by atoms with Crippen LogP contribution in [0.25, 0.3) is 0 Å². The van der Waals surface area contributed by atoms with Gasteiger partial charge in [0.25, 0.3) is 0 Å². The zero-order chi connectivity index (χ0) is 26.9. The van der Waals surface area contributed by atoms with Crippen LogP contribution in [0.5, 0.6) is 5.75 Å². The summed E-state index contributed by atoms with van der Waals surface area (Å²) < 4.78 is 86.0. The number of ether oxygens (including phenoxy) is 1. The van der Waals surface area contributed by atoms with Gasteiger partial charge in [-0.1, -0.05) is 47.5 Å². The van der Waals surface area contributed by atoms with Crippen LogP contribution in [0, 0.1) is 6.92 Å². The second-order valence-electron chi connectivity index (χ2n) is 7.08. The Hall–Kier alpha value is -3.61. The lowest BCUT2D eigenvalue weighted by molar-refractivity contribution is -0.253. The van der Waals surface area contributed by atoms with E-state index < -0.39 is 24.5 Å². The molecule has 0 unspecified atom stereocenters. The Balaban J connectivity index is 0.000000830. The van der Waals surface area contributed by atoms with Gasteiger partial charge < -0.3 is 10.1 Å². The van der Waals surface area contributed by atoms with E-state index in [1.165, 1.54) is 18.2 Å². The smallest absolute Gasteiger partial charge is 0.428 e. The van der Waals surface area contributed by atoms with Crippen LogP contribution < -0.4 is 15.5 Å². The molecule has 36 heavy (non-hydrogen) atoms. The van der Waals surface area contributed by atoms with Crippen molar-refractivity contribution in [3.05, 3.63) is 70.9 Å². The number of aryl methyl sites for hydroxylation is 1. The highest BCUT2D eigenvalue weighted by Crippen LogP contribution is 2.30. The number of anilines is 3. The van der Waals surface area contributed by atoms with E-state index in [1.807, 2.05) is 31.2 Å². The lowest BCUT2D eigenvalue weighted by Crippen LogP contribution is -2.33. The van der Waals surface area contributed by atoms with Gasteiger partial charge in [0.1, 0.15) is 16.7 Å². The third kappa shape index (κ3) is 10.8. The van der Waals surface area contributed by atoms with E-state index in [-0.39, 0.29) is 29.5 Å². The van der Waals surface area contributed by atoms with Crippen LogP contribution in [0.2, 0.25) is 5.15 Å². The van der Waals surface area contributed by atoms with Crippen LogP contribution >= 0.6 is 11.6 Å². The number of benzene rings is 2. The van der Waals surface area contributed by atoms with Crippen molar-refractivity contribution in [2.45, 2.75) is 32.6 Å². The molecule has 3 rings (SSSR count). The first-order chi connectivity index (χ1) is 16.7. The van der Waals surface area contributed by atoms with Crippen molar-refractivity contribution in [1.29, 1.82) is 0 Å². The molecule has 6 nitrogen and oxygen atoms in total. The first-order valence-electron chi connectivity index (χ1n) is 9.90. The molecule has 2 N–H and O–H groups in total. The molecule has 0 aliphatic heterocycles. The standard InChI is InChI=1S/C20H16ClF4N5O.C2H3F3/c1-12-5-7-13(8-6-12)11-26-30-19-28-16(21)10-17(29-19)27-14-3-2-4-15(9-14)31-20(24,25)18(22)23;1-2(3,4)5/h2-11,18H,1H3,(H2,27,28,29,30);1H3/b26-11+;. The fraction of sp³-hybridized carbons (Fsp3) is 0.227. The Kier molecular flexibility index (Phi) is 9.84. The molecule has 0 aliphatic rings. The predicted octanol–water partition coefficient (Wildman–Crippen LogP) is 7.43. The second kappa shape index (κ2) is 12.4. The van der Waals surface area contributed by atoms with Gasteiger partial charge in [-0.2, -0.15) is 45.8 Å². The van der Waals surface area contributed by atoms with Gasteiger partial charge >= 0.3 is 18.7 Å². The van der Waals surface area contributed by atoms with Crippen LogP contribution in [0.15, 0.2) is 59.7 Å². The summed E-state index contributed by atoms with van der Waals surface area (Å²) in [6.07, 6.45) is -11.0. The van der Waals surface area contributed by atoms with Gasteiger partial charge in [-0.05, 0) is 24.6 Å². The van der Waals surface area contributed by atoms with E-state index in [1.54, 1.807) is 6.21 Å². The molecule has 194 valence electrons. The average Bonchev–Trinajstić information content (AvgIpc) is 2.73. The van der Waals surface area contributed by atoms with Crippen molar-refractivity contribution < 1.29 is 35.5 Å². The Morgan fingerprint density at radius 1 is 1.00 bits per heavy atom. The number of nitrogens with one attached hydrogen (secondary N) is 2. The summed E-state index contributed by atoms with van der Waals surface area (Å²) in [7, 11) is 0. The summed E-state index contributed by atoms with van der Waals surface area (Å²) >= 11 is 5.99. The third-order valence-electron chi connectivity index (χ3n) is 3.76. The topological polar surface area (TPSA) is 71.4 Å². The number of aromatic nitrogens is 2. The van der Waals surface area contributed by atoms with Gasteiger partial charge in [-0.15, -0.1) is 0 Å². The van der Waals surface area contributed by atoms with Crippen molar-refractivity contribution in [3.63, 3.8) is 0 Å². The molecule has 0 saturated heterocycles. The van der Waals surface area contributed by atoms with Crippen LogP contribution in [0.4, 0.5) is 48.2 Å². The Labute approximate surface area is 206 Å². The number of hydrogen-bond acceptors (Lipinski definition) is 6. The predicted molar refractivity (Wildman–Crippen MR) is 122 cm³/mol. The van der Waals surface area contributed by atoms with E-state index in [4.69, 9.17) is 11.6 Å². The number of nitrogens with zero attached hydrogens (tertiary/aromatic N) is 3. The summed E-state index contributed by atoms with van der Waals surface area (Å²) in [5.74, 6) is -0.155. The zero-order valence-electron chi connectivity index (χ0n) is 18.6. The molecule has 0 bridgehead atoms. The second-order valence-corrected chi connectivity index (χ2v) is 7.47. The van der Waals surface area contributed by atoms with Crippen molar-refractivity contribution in [2.75, 3.05) is 10.7 Å². The minimum atomic E-state index is -4.61. The number of hydrazone groups is 1. The van der Waals surface area contributed by atoms with Gasteiger partial charge in [0, 0.05) is 24.7 Å².